The molecule has 0 atom stereocenters. The quantitative estimate of drug-likeness (QED) is 0.862. The van der Waals surface area contributed by atoms with Gasteiger partial charge < -0.3 is 10.4 Å². The molecule has 0 saturated carbocycles. The van der Waals surface area contributed by atoms with E-state index in [1.54, 1.807) is 0 Å². The van der Waals surface area contributed by atoms with E-state index < -0.39 is 17.7 Å². The third kappa shape index (κ3) is 3.64. The van der Waals surface area contributed by atoms with Gasteiger partial charge in [-0.3, -0.25) is 0 Å². The number of rotatable bonds is 3. The second-order valence-corrected chi connectivity index (χ2v) is 5.53. The zero-order chi connectivity index (χ0) is 15.8. The fourth-order valence-electron chi connectivity index (χ4n) is 1.60. The Morgan fingerprint density at radius 3 is 2.57 bits per heavy atom. The summed E-state index contributed by atoms with van der Waals surface area (Å²) in [6.45, 7) is 1.50. The molecule has 4 nitrogen and oxygen atoms in total. The van der Waals surface area contributed by atoms with Gasteiger partial charge in [0.2, 0.25) is 0 Å². The highest BCUT2D eigenvalue weighted by Crippen LogP contribution is 2.34. The standard InChI is InChI=1S/C12H8ClF3N2O2S/c1-5-9(10(19)20)21-11(17-5)18-8-3-6(12(14,15)16)2-7(13)4-8/h2-4H,1H3,(H,17,18)(H,19,20). The summed E-state index contributed by atoms with van der Waals surface area (Å²) in [5.41, 5.74) is -0.530. The first kappa shape index (κ1) is 15.6. The highest BCUT2D eigenvalue weighted by atomic mass is 35.5. The predicted octanol–water partition coefficient (Wildman–Crippen LogP) is 4.57. The molecular formula is C12H8ClF3N2O2S. The van der Waals surface area contributed by atoms with E-state index in [0.717, 1.165) is 23.5 Å². The minimum Gasteiger partial charge on any atom is -0.477 e. The van der Waals surface area contributed by atoms with Crippen molar-refractivity contribution >= 4 is 39.7 Å². The second kappa shape index (κ2) is 5.53. The van der Waals surface area contributed by atoms with E-state index in [1.807, 2.05) is 0 Å². The number of alkyl halides is 3. The van der Waals surface area contributed by atoms with E-state index in [2.05, 4.69) is 10.3 Å². The minimum absolute atomic E-state index is 0.0237. The number of aromatic carboxylic acids is 1. The van der Waals surface area contributed by atoms with Crippen LogP contribution in [0.1, 0.15) is 20.9 Å². The number of aryl methyl sites for hydroxylation is 1. The van der Waals surface area contributed by atoms with Gasteiger partial charge in [-0.2, -0.15) is 13.2 Å². The van der Waals surface area contributed by atoms with Gasteiger partial charge in [-0.25, -0.2) is 9.78 Å². The zero-order valence-corrected chi connectivity index (χ0v) is 12.0. The van der Waals surface area contributed by atoms with Gasteiger partial charge in [0.15, 0.2) is 5.13 Å². The number of hydrogen-bond acceptors (Lipinski definition) is 4. The Balaban J connectivity index is 2.34. The highest BCUT2D eigenvalue weighted by Gasteiger charge is 2.31. The normalized spacial score (nSPS) is 11.5. The Hall–Kier alpha value is -1.80. The van der Waals surface area contributed by atoms with Crippen LogP contribution in [0.25, 0.3) is 0 Å². The van der Waals surface area contributed by atoms with Gasteiger partial charge in [-0.15, -0.1) is 0 Å². The van der Waals surface area contributed by atoms with Crippen molar-refractivity contribution in [1.29, 1.82) is 0 Å². The van der Waals surface area contributed by atoms with Crippen LogP contribution >= 0.6 is 22.9 Å². The topological polar surface area (TPSA) is 62.2 Å². The number of thiazole rings is 1. The number of carboxylic acids is 1. The van der Waals surface area contributed by atoms with Crippen LogP contribution in [0, 0.1) is 6.92 Å². The van der Waals surface area contributed by atoms with E-state index in [9.17, 15) is 18.0 Å². The van der Waals surface area contributed by atoms with E-state index in [-0.39, 0.29) is 26.4 Å². The van der Waals surface area contributed by atoms with Gasteiger partial charge in [-0.05, 0) is 25.1 Å². The average Bonchev–Trinajstić information content (AvgIpc) is 2.68. The van der Waals surface area contributed by atoms with Gasteiger partial charge in [0, 0.05) is 10.7 Å². The SMILES string of the molecule is Cc1nc(Nc2cc(Cl)cc(C(F)(F)F)c2)sc1C(=O)O. The van der Waals surface area contributed by atoms with Crippen molar-refractivity contribution in [3.8, 4) is 0 Å². The van der Waals surface area contributed by atoms with E-state index in [4.69, 9.17) is 16.7 Å². The first-order chi connectivity index (χ1) is 9.66. The molecular weight excluding hydrogens is 329 g/mol. The summed E-state index contributed by atoms with van der Waals surface area (Å²) < 4.78 is 38.1. The maximum absolute atomic E-state index is 12.7. The number of carbonyl (C=O) groups is 1. The zero-order valence-electron chi connectivity index (χ0n) is 10.5. The average molecular weight is 337 g/mol. The highest BCUT2D eigenvalue weighted by molar-refractivity contribution is 7.17. The number of halogens is 4. The van der Waals surface area contributed by atoms with Crippen LogP contribution in [-0.4, -0.2) is 16.1 Å². The molecule has 9 heteroatoms. The Bertz CT molecular complexity index is 700. The molecule has 0 bridgehead atoms. The van der Waals surface area contributed by atoms with Gasteiger partial charge >= 0.3 is 12.1 Å². The summed E-state index contributed by atoms with van der Waals surface area (Å²) in [7, 11) is 0. The van der Waals surface area contributed by atoms with Crippen molar-refractivity contribution < 1.29 is 23.1 Å². The molecule has 1 aromatic carbocycles. The van der Waals surface area contributed by atoms with Crippen LogP contribution in [-0.2, 0) is 6.18 Å². The smallest absolute Gasteiger partial charge is 0.416 e. The number of nitrogens with one attached hydrogen (secondary N) is 1. The molecule has 0 amide bonds. The van der Waals surface area contributed by atoms with Crippen LogP contribution < -0.4 is 5.32 Å². The Morgan fingerprint density at radius 1 is 1.38 bits per heavy atom. The van der Waals surface area contributed by atoms with Crippen LogP contribution in [0.2, 0.25) is 5.02 Å². The lowest BCUT2D eigenvalue weighted by Gasteiger charge is -2.10. The van der Waals surface area contributed by atoms with Crippen molar-refractivity contribution in [3.63, 3.8) is 0 Å². The van der Waals surface area contributed by atoms with Crippen LogP contribution in [0.15, 0.2) is 18.2 Å². The van der Waals surface area contributed by atoms with Crippen molar-refractivity contribution in [2.24, 2.45) is 0 Å². The van der Waals surface area contributed by atoms with Crippen molar-refractivity contribution in [2.75, 3.05) is 5.32 Å². The summed E-state index contributed by atoms with van der Waals surface area (Å²) >= 11 is 6.49. The van der Waals surface area contributed by atoms with Gasteiger partial charge in [0.1, 0.15) is 4.88 Å². The second-order valence-electron chi connectivity index (χ2n) is 4.09. The van der Waals surface area contributed by atoms with E-state index >= 15 is 0 Å². The fraction of sp³-hybridized carbons (Fsp3) is 0.167. The molecule has 0 fully saturated rings. The number of anilines is 2. The minimum atomic E-state index is -4.52. The van der Waals surface area contributed by atoms with Gasteiger partial charge in [0.05, 0.1) is 11.3 Å². The van der Waals surface area contributed by atoms with Gasteiger partial charge in [0.25, 0.3) is 0 Å². The first-order valence-electron chi connectivity index (χ1n) is 5.52. The van der Waals surface area contributed by atoms with E-state index in [0.29, 0.717) is 0 Å². The molecule has 112 valence electrons. The number of carboxylic acid groups (broad SMARTS) is 1. The Morgan fingerprint density at radius 2 is 2.05 bits per heavy atom. The van der Waals surface area contributed by atoms with Crippen LogP contribution in [0.3, 0.4) is 0 Å². The van der Waals surface area contributed by atoms with Crippen molar-refractivity contribution in [3.05, 3.63) is 39.4 Å². The van der Waals surface area contributed by atoms with Gasteiger partial charge in [-0.1, -0.05) is 22.9 Å². The van der Waals surface area contributed by atoms with Crippen LogP contribution in [0.4, 0.5) is 24.0 Å². The lowest BCUT2D eigenvalue weighted by molar-refractivity contribution is -0.137. The lowest BCUT2D eigenvalue weighted by atomic mass is 10.2. The number of benzene rings is 1. The summed E-state index contributed by atoms with van der Waals surface area (Å²) in [6, 6.07) is 2.99. The predicted molar refractivity (Wildman–Crippen MR) is 73.5 cm³/mol. The number of aromatic nitrogens is 1. The molecule has 0 radical (unpaired) electrons. The van der Waals surface area contributed by atoms with Crippen molar-refractivity contribution in [2.45, 2.75) is 13.1 Å². The molecule has 0 unspecified atom stereocenters. The van der Waals surface area contributed by atoms with Crippen LogP contribution in [0.5, 0.6) is 0 Å². The molecule has 1 aromatic heterocycles. The number of hydrogen-bond donors (Lipinski definition) is 2. The number of nitrogens with zero attached hydrogens (tertiary/aromatic N) is 1. The summed E-state index contributed by atoms with van der Waals surface area (Å²) in [6.07, 6.45) is -4.52. The molecule has 1 heterocycles. The fourth-order valence-corrected chi connectivity index (χ4v) is 2.66. The summed E-state index contributed by atoms with van der Waals surface area (Å²) in [4.78, 5) is 14.9. The lowest BCUT2D eigenvalue weighted by Crippen LogP contribution is -2.05. The summed E-state index contributed by atoms with van der Waals surface area (Å²) in [5, 5.41) is 11.6. The molecule has 0 aliphatic rings. The molecule has 2 rings (SSSR count). The summed E-state index contributed by atoms with van der Waals surface area (Å²) in [5.74, 6) is -1.14. The molecule has 2 N–H and O–H groups in total. The Labute approximate surface area is 126 Å². The first-order valence-corrected chi connectivity index (χ1v) is 6.72. The van der Waals surface area contributed by atoms with Crippen molar-refractivity contribution in [1.82, 2.24) is 4.98 Å². The maximum Gasteiger partial charge on any atom is 0.416 e. The molecule has 0 aliphatic carbocycles. The molecule has 21 heavy (non-hydrogen) atoms. The molecule has 0 aliphatic heterocycles. The molecule has 0 saturated heterocycles. The molecule has 2 aromatic rings. The third-order valence-electron chi connectivity index (χ3n) is 2.47. The third-order valence-corrected chi connectivity index (χ3v) is 3.75. The largest absolute Gasteiger partial charge is 0.477 e. The van der Waals surface area contributed by atoms with E-state index in [1.165, 1.54) is 13.0 Å². The Kier molecular flexibility index (Phi) is 4.11. The maximum atomic E-state index is 12.7. The monoisotopic (exact) mass is 336 g/mol. The molecule has 0 spiro atoms.